The van der Waals surface area contributed by atoms with Crippen LogP contribution in [0.1, 0.15) is 11.1 Å². The van der Waals surface area contributed by atoms with Gasteiger partial charge in [0.15, 0.2) is 11.5 Å². The summed E-state index contributed by atoms with van der Waals surface area (Å²) in [5, 5.41) is 6.96. The van der Waals surface area contributed by atoms with Crippen LogP contribution in [0.4, 0.5) is 10.1 Å². The third-order valence-corrected chi connectivity index (χ3v) is 5.56. The van der Waals surface area contributed by atoms with Gasteiger partial charge in [-0.1, -0.05) is 29.3 Å². The summed E-state index contributed by atoms with van der Waals surface area (Å²) in [5.74, 6) is -1.68. The van der Waals surface area contributed by atoms with Crippen LogP contribution in [0.25, 0.3) is 0 Å². The molecule has 0 aliphatic heterocycles. The van der Waals surface area contributed by atoms with Gasteiger partial charge in [0.25, 0.3) is 0 Å². The molecule has 3 aromatic rings. The summed E-state index contributed by atoms with van der Waals surface area (Å²) in [6.07, 6.45) is 1.32. The number of rotatable bonds is 7. The van der Waals surface area contributed by atoms with Gasteiger partial charge in [0.2, 0.25) is 0 Å². The fourth-order valence-electron chi connectivity index (χ4n) is 2.71. The van der Waals surface area contributed by atoms with Crippen molar-refractivity contribution in [1.29, 1.82) is 0 Å². The zero-order chi connectivity index (χ0) is 24.7. The van der Waals surface area contributed by atoms with Gasteiger partial charge in [-0.2, -0.15) is 5.10 Å². The molecule has 0 aliphatic rings. The monoisotopic (exact) mass is 567 g/mol. The van der Waals surface area contributed by atoms with Crippen molar-refractivity contribution >= 4 is 62.8 Å². The van der Waals surface area contributed by atoms with Crippen molar-refractivity contribution in [3.8, 4) is 11.5 Å². The number of nitrogens with zero attached hydrogens (tertiary/aromatic N) is 1. The van der Waals surface area contributed by atoms with E-state index >= 15 is 0 Å². The smallest absolute Gasteiger partial charge is 0.329 e. The third kappa shape index (κ3) is 6.69. The van der Waals surface area contributed by atoms with Crippen LogP contribution in [0.5, 0.6) is 11.5 Å². The molecule has 0 saturated carbocycles. The van der Waals surface area contributed by atoms with E-state index in [2.05, 4.69) is 31.8 Å². The molecular weight excluding hydrogens is 552 g/mol. The molecule has 2 N–H and O–H groups in total. The lowest BCUT2D eigenvalue weighted by Crippen LogP contribution is -2.32. The van der Waals surface area contributed by atoms with Gasteiger partial charge in [0.1, 0.15) is 12.4 Å². The van der Waals surface area contributed by atoms with Gasteiger partial charge in [-0.15, -0.1) is 0 Å². The Morgan fingerprint density at radius 1 is 1.12 bits per heavy atom. The normalized spacial score (nSPS) is 10.7. The molecule has 0 radical (unpaired) electrons. The zero-order valence-electron chi connectivity index (χ0n) is 17.6. The molecule has 3 aromatic carbocycles. The number of carbonyl (C=O) groups excluding carboxylic acids is 2. The number of ether oxygens (including phenoxy) is 2. The number of hydrogen-bond acceptors (Lipinski definition) is 5. The summed E-state index contributed by atoms with van der Waals surface area (Å²) in [6, 6.07) is 13.9. The Labute approximate surface area is 213 Å². The summed E-state index contributed by atoms with van der Waals surface area (Å²) in [4.78, 5) is 23.9. The van der Waals surface area contributed by atoms with E-state index in [0.717, 1.165) is 0 Å². The molecule has 0 spiro atoms. The Bertz CT molecular complexity index is 1220. The van der Waals surface area contributed by atoms with Crippen LogP contribution < -0.4 is 20.2 Å². The van der Waals surface area contributed by atoms with Crippen molar-refractivity contribution in [2.24, 2.45) is 5.10 Å². The third-order valence-electron chi connectivity index (χ3n) is 4.36. The van der Waals surface area contributed by atoms with Crippen LogP contribution in [0.3, 0.4) is 0 Å². The summed E-state index contributed by atoms with van der Waals surface area (Å²) in [5.41, 5.74) is 3.29. The standard InChI is InChI=1S/C23H17BrCl2FN3O4/c1-33-20-10-13(9-17(24)21(20)34-12-16-18(26)3-2-4-19(16)27)11-28-30-23(32)22(31)29-15-7-5-14(25)6-8-15/h2-11H,12H2,1H3,(H,29,31)(H,30,32)/b28-11+. The number of nitrogens with one attached hydrogen (secondary N) is 2. The molecule has 34 heavy (non-hydrogen) atoms. The minimum absolute atomic E-state index is 0.118. The molecule has 3 rings (SSSR count). The van der Waals surface area contributed by atoms with Crippen LogP contribution in [0.15, 0.2) is 64.2 Å². The summed E-state index contributed by atoms with van der Waals surface area (Å²) >= 11 is 15.2. The molecule has 176 valence electrons. The number of anilines is 1. The van der Waals surface area contributed by atoms with Crippen LogP contribution in [-0.2, 0) is 16.2 Å². The lowest BCUT2D eigenvalue weighted by molar-refractivity contribution is -0.136. The number of halogens is 4. The quantitative estimate of drug-likeness (QED) is 0.221. The highest BCUT2D eigenvalue weighted by Gasteiger charge is 2.15. The van der Waals surface area contributed by atoms with Crippen molar-refractivity contribution in [3.63, 3.8) is 0 Å². The summed E-state index contributed by atoms with van der Waals surface area (Å²) in [7, 11) is 1.44. The number of hydrazone groups is 1. The van der Waals surface area contributed by atoms with Crippen LogP contribution in [0.2, 0.25) is 10.0 Å². The van der Waals surface area contributed by atoms with E-state index in [1.165, 1.54) is 25.5 Å². The number of benzene rings is 3. The lowest BCUT2D eigenvalue weighted by Gasteiger charge is -2.14. The Morgan fingerprint density at radius 2 is 1.85 bits per heavy atom. The van der Waals surface area contributed by atoms with Gasteiger partial charge in [-0.05, 0) is 70.0 Å². The molecule has 0 fully saturated rings. The minimum atomic E-state index is -0.959. The van der Waals surface area contributed by atoms with E-state index in [-0.39, 0.29) is 17.2 Å². The fraction of sp³-hybridized carbons (Fsp3) is 0.0870. The summed E-state index contributed by atoms with van der Waals surface area (Å²) in [6.45, 7) is -0.118. The van der Waals surface area contributed by atoms with E-state index in [0.29, 0.717) is 32.2 Å². The van der Waals surface area contributed by atoms with Gasteiger partial charge in [0, 0.05) is 16.3 Å². The van der Waals surface area contributed by atoms with Crippen LogP contribution in [0, 0.1) is 5.82 Å². The largest absolute Gasteiger partial charge is 0.493 e. The predicted octanol–water partition coefficient (Wildman–Crippen LogP) is 5.57. The number of carbonyl (C=O) groups is 2. The van der Waals surface area contributed by atoms with Crippen molar-refractivity contribution in [1.82, 2.24) is 5.43 Å². The zero-order valence-corrected chi connectivity index (χ0v) is 20.7. The molecule has 2 amide bonds. The Hall–Kier alpha value is -3.14. The fourth-order valence-corrected chi connectivity index (χ4v) is 3.62. The Morgan fingerprint density at radius 3 is 2.53 bits per heavy atom. The van der Waals surface area contributed by atoms with Crippen molar-refractivity contribution in [2.45, 2.75) is 6.61 Å². The van der Waals surface area contributed by atoms with Crippen molar-refractivity contribution in [3.05, 3.63) is 86.1 Å². The van der Waals surface area contributed by atoms with Gasteiger partial charge < -0.3 is 14.8 Å². The molecular formula is C23H17BrCl2FN3O4. The van der Waals surface area contributed by atoms with Gasteiger partial charge in [0.05, 0.1) is 22.8 Å². The first-order chi connectivity index (χ1) is 16.3. The summed E-state index contributed by atoms with van der Waals surface area (Å²) < 4.78 is 25.6. The molecule has 0 bridgehead atoms. The topological polar surface area (TPSA) is 89.0 Å². The van der Waals surface area contributed by atoms with Crippen molar-refractivity contribution in [2.75, 3.05) is 12.4 Å². The first-order valence-electron chi connectivity index (χ1n) is 9.61. The Kier molecular flexibility index (Phi) is 8.86. The molecule has 0 atom stereocenters. The molecule has 0 saturated heterocycles. The second-order valence-corrected chi connectivity index (χ2v) is 8.38. The highest BCUT2D eigenvalue weighted by atomic mass is 79.9. The van der Waals surface area contributed by atoms with Gasteiger partial charge >= 0.3 is 11.8 Å². The van der Waals surface area contributed by atoms with E-state index in [9.17, 15) is 14.0 Å². The number of amides is 2. The molecule has 0 heterocycles. The number of hydrogen-bond donors (Lipinski definition) is 2. The molecule has 7 nitrogen and oxygen atoms in total. The Balaban J connectivity index is 1.64. The first kappa shape index (κ1) is 25.5. The van der Waals surface area contributed by atoms with Crippen molar-refractivity contribution < 1.29 is 23.5 Å². The molecule has 0 aliphatic carbocycles. The highest BCUT2D eigenvalue weighted by Crippen LogP contribution is 2.37. The van der Waals surface area contributed by atoms with E-state index < -0.39 is 17.6 Å². The first-order valence-corrected chi connectivity index (χ1v) is 11.2. The maximum absolute atomic E-state index is 14.0. The average molecular weight is 569 g/mol. The maximum atomic E-state index is 14.0. The van der Waals surface area contributed by atoms with Crippen LogP contribution >= 0.6 is 39.1 Å². The highest BCUT2D eigenvalue weighted by molar-refractivity contribution is 9.10. The maximum Gasteiger partial charge on any atom is 0.329 e. The van der Waals surface area contributed by atoms with Gasteiger partial charge in [-0.25, -0.2) is 9.82 Å². The SMILES string of the molecule is COc1cc(/C=N/NC(=O)C(=O)Nc2ccc(Cl)cc2)cc(Br)c1OCc1c(F)cccc1Cl. The minimum Gasteiger partial charge on any atom is -0.493 e. The van der Waals surface area contributed by atoms with Crippen LogP contribution in [-0.4, -0.2) is 25.1 Å². The van der Waals surface area contributed by atoms with E-state index in [1.807, 2.05) is 0 Å². The molecule has 0 aromatic heterocycles. The average Bonchev–Trinajstić information content (AvgIpc) is 2.80. The number of methoxy groups -OCH3 is 1. The predicted molar refractivity (Wildman–Crippen MR) is 132 cm³/mol. The van der Waals surface area contributed by atoms with E-state index in [1.54, 1.807) is 42.5 Å². The molecule has 0 unspecified atom stereocenters. The molecule has 11 heteroatoms. The second kappa shape index (κ2) is 11.8. The lowest BCUT2D eigenvalue weighted by atomic mass is 10.2. The van der Waals surface area contributed by atoms with Gasteiger partial charge in [-0.3, -0.25) is 9.59 Å². The van der Waals surface area contributed by atoms with E-state index in [4.69, 9.17) is 32.7 Å². The second-order valence-electron chi connectivity index (χ2n) is 6.68.